The number of halogens is 1. The lowest BCUT2D eigenvalue weighted by Gasteiger charge is -2.38. The normalized spacial score (nSPS) is 21.0. The Morgan fingerprint density at radius 1 is 1.38 bits per heavy atom. The fraction of sp³-hybridized carbons (Fsp3) is 0.312. The highest BCUT2D eigenvalue weighted by molar-refractivity contribution is 5.96. The van der Waals surface area contributed by atoms with E-state index < -0.39 is 23.9 Å². The number of hydrogen-bond donors (Lipinski definition) is 1. The molecule has 0 aliphatic carbocycles. The summed E-state index contributed by atoms with van der Waals surface area (Å²) >= 11 is 0. The molecule has 1 aromatic carbocycles. The summed E-state index contributed by atoms with van der Waals surface area (Å²) in [4.78, 5) is 25.9. The maximum atomic E-state index is 14.2. The summed E-state index contributed by atoms with van der Waals surface area (Å²) in [6.45, 7) is -0.230. The lowest BCUT2D eigenvalue weighted by molar-refractivity contribution is -0.160. The summed E-state index contributed by atoms with van der Waals surface area (Å²) in [5, 5.41) is 6.65. The lowest BCUT2D eigenvalue weighted by Crippen LogP contribution is -2.51. The molecule has 1 N–H and O–H groups in total. The van der Waals surface area contributed by atoms with Gasteiger partial charge in [0.05, 0.1) is 17.9 Å². The molecule has 0 spiro atoms. The van der Waals surface area contributed by atoms with Crippen LogP contribution < -0.4 is 5.32 Å². The van der Waals surface area contributed by atoms with Crippen LogP contribution >= 0.6 is 0 Å². The molecule has 0 saturated carbocycles. The lowest BCUT2D eigenvalue weighted by atomic mass is 9.97. The van der Waals surface area contributed by atoms with Crippen molar-refractivity contribution in [3.8, 4) is 0 Å². The van der Waals surface area contributed by atoms with Gasteiger partial charge in [-0.3, -0.25) is 14.3 Å². The van der Waals surface area contributed by atoms with Gasteiger partial charge in [0, 0.05) is 25.9 Å². The zero-order valence-electron chi connectivity index (χ0n) is 13.3. The van der Waals surface area contributed by atoms with Gasteiger partial charge in [-0.05, 0) is 6.07 Å². The molecule has 1 aliphatic rings. The van der Waals surface area contributed by atoms with E-state index in [2.05, 4.69) is 10.4 Å². The molecule has 1 fully saturated rings. The maximum absolute atomic E-state index is 14.2. The molecule has 1 aromatic heterocycles. The molecular weight excluding hydrogens is 315 g/mol. The van der Waals surface area contributed by atoms with Crippen LogP contribution in [0.2, 0.25) is 0 Å². The summed E-state index contributed by atoms with van der Waals surface area (Å²) in [5.41, 5.74) is 0.734. The number of nitrogens with zero attached hydrogens (tertiary/aromatic N) is 3. The SMILES string of the molecule is CN1C(=O)CO[C@H](C(=O)Nc2cnn(C)c2)[C@@H]1c1ccccc1F. The van der Waals surface area contributed by atoms with Gasteiger partial charge in [-0.25, -0.2) is 4.39 Å². The third kappa shape index (κ3) is 3.00. The fourth-order valence-electron chi connectivity index (χ4n) is 2.72. The topological polar surface area (TPSA) is 76.5 Å². The Bertz CT molecular complexity index is 776. The number of carbonyl (C=O) groups is 2. The van der Waals surface area contributed by atoms with Gasteiger partial charge in [0.15, 0.2) is 6.10 Å². The molecule has 0 bridgehead atoms. The van der Waals surface area contributed by atoms with Gasteiger partial charge >= 0.3 is 0 Å². The predicted molar refractivity (Wildman–Crippen MR) is 83.5 cm³/mol. The van der Waals surface area contributed by atoms with Crippen LogP contribution in [0.3, 0.4) is 0 Å². The first-order valence-corrected chi connectivity index (χ1v) is 7.38. The molecule has 24 heavy (non-hydrogen) atoms. The summed E-state index contributed by atoms with van der Waals surface area (Å²) < 4.78 is 21.2. The number of rotatable bonds is 3. The van der Waals surface area contributed by atoms with E-state index >= 15 is 0 Å². The standard InChI is InChI=1S/C16H17FN4O3/c1-20-8-10(7-18-20)19-16(23)15-14(21(2)13(22)9-24-15)11-5-3-4-6-12(11)17/h3-8,14-15H,9H2,1-2H3,(H,19,23)/t14-,15-/m0/s1. The number of nitrogens with one attached hydrogen (secondary N) is 1. The van der Waals surface area contributed by atoms with Crippen LogP contribution in [0.1, 0.15) is 11.6 Å². The second kappa shape index (κ2) is 6.40. The van der Waals surface area contributed by atoms with Crippen molar-refractivity contribution in [2.75, 3.05) is 19.0 Å². The first kappa shape index (κ1) is 16.1. The van der Waals surface area contributed by atoms with E-state index in [1.807, 2.05) is 0 Å². The van der Waals surface area contributed by atoms with Crippen molar-refractivity contribution in [1.82, 2.24) is 14.7 Å². The number of morpholine rings is 1. The largest absolute Gasteiger partial charge is 0.356 e. The average molecular weight is 332 g/mol. The van der Waals surface area contributed by atoms with Gasteiger partial charge in [0.1, 0.15) is 12.4 Å². The number of amides is 2. The third-order valence-electron chi connectivity index (χ3n) is 3.94. The summed E-state index contributed by atoms with van der Waals surface area (Å²) in [5.74, 6) is -1.27. The maximum Gasteiger partial charge on any atom is 0.256 e. The first-order chi connectivity index (χ1) is 11.5. The van der Waals surface area contributed by atoms with Gasteiger partial charge in [-0.2, -0.15) is 5.10 Å². The minimum absolute atomic E-state index is 0.230. The molecule has 126 valence electrons. The minimum atomic E-state index is -1.02. The van der Waals surface area contributed by atoms with Crippen LogP contribution in [0.4, 0.5) is 10.1 Å². The number of anilines is 1. The molecule has 2 amide bonds. The van der Waals surface area contributed by atoms with Crippen LogP contribution in [0.5, 0.6) is 0 Å². The summed E-state index contributed by atoms with van der Waals surface area (Å²) in [7, 11) is 3.26. The molecule has 3 rings (SSSR count). The molecule has 0 radical (unpaired) electrons. The molecule has 8 heteroatoms. The molecular formula is C16H17FN4O3. The highest BCUT2D eigenvalue weighted by Gasteiger charge is 2.41. The van der Waals surface area contributed by atoms with Crippen molar-refractivity contribution in [1.29, 1.82) is 0 Å². The van der Waals surface area contributed by atoms with E-state index in [4.69, 9.17) is 4.74 Å². The van der Waals surface area contributed by atoms with Gasteiger partial charge in [-0.1, -0.05) is 18.2 Å². The monoisotopic (exact) mass is 332 g/mol. The van der Waals surface area contributed by atoms with E-state index in [9.17, 15) is 14.0 Å². The summed E-state index contributed by atoms with van der Waals surface area (Å²) in [6, 6.07) is 5.20. The van der Waals surface area contributed by atoms with Crippen LogP contribution in [0.15, 0.2) is 36.7 Å². The average Bonchev–Trinajstić information content (AvgIpc) is 2.95. The zero-order valence-corrected chi connectivity index (χ0v) is 13.3. The number of aryl methyl sites for hydroxylation is 1. The predicted octanol–water partition coefficient (Wildman–Crippen LogP) is 1.10. The summed E-state index contributed by atoms with van der Waals surface area (Å²) in [6.07, 6.45) is 2.10. The Morgan fingerprint density at radius 2 is 2.12 bits per heavy atom. The molecule has 7 nitrogen and oxygen atoms in total. The fourth-order valence-corrected chi connectivity index (χ4v) is 2.72. The van der Waals surface area contributed by atoms with Crippen molar-refractivity contribution >= 4 is 17.5 Å². The van der Waals surface area contributed by atoms with Crippen molar-refractivity contribution < 1.29 is 18.7 Å². The number of ether oxygens (including phenoxy) is 1. The quantitative estimate of drug-likeness (QED) is 0.913. The Labute approximate surface area is 138 Å². The van der Waals surface area contributed by atoms with Crippen molar-refractivity contribution in [3.05, 3.63) is 48.0 Å². The van der Waals surface area contributed by atoms with E-state index in [1.54, 1.807) is 36.1 Å². The van der Waals surface area contributed by atoms with Gasteiger partial charge < -0.3 is 15.0 Å². The highest BCUT2D eigenvalue weighted by Crippen LogP contribution is 2.31. The van der Waals surface area contributed by atoms with Crippen molar-refractivity contribution in [2.45, 2.75) is 12.1 Å². The van der Waals surface area contributed by atoms with Crippen LogP contribution in [0.25, 0.3) is 0 Å². The molecule has 2 heterocycles. The minimum Gasteiger partial charge on any atom is -0.356 e. The van der Waals surface area contributed by atoms with E-state index in [1.165, 1.54) is 24.2 Å². The Balaban J connectivity index is 1.90. The molecule has 0 unspecified atom stereocenters. The van der Waals surface area contributed by atoms with E-state index in [0.29, 0.717) is 5.69 Å². The van der Waals surface area contributed by atoms with Crippen molar-refractivity contribution in [3.63, 3.8) is 0 Å². The number of likely N-dealkylation sites (N-methyl/N-ethyl adjacent to an activating group) is 1. The Kier molecular flexibility index (Phi) is 4.30. The Hall–Kier alpha value is -2.74. The second-order valence-corrected chi connectivity index (χ2v) is 5.59. The van der Waals surface area contributed by atoms with Crippen LogP contribution in [0, 0.1) is 5.82 Å². The number of benzene rings is 1. The van der Waals surface area contributed by atoms with Gasteiger partial charge in [0.2, 0.25) is 5.91 Å². The molecule has 2 atom stereocenters. The van der Waals surface area contributed by atoms with Gasteiger partial charge in [-0.15, -0.1) is 0 Å². The van der Waals surface area contributed by atoms with Crippen LogP contribution in [-0.2, 0) is 21.4 Å². The second-order valence-electron chi connectivity index (χ2n) is 5.59. The number of hydrogen-bond acceptors (Lipinski definition) is 4. The number of carbonyl (C=O) groups excluding carboxylic acids is 2. The molecule has 1 saturated heterocycles. The molecule has 2 aromatic rings. The van der Waals surface area contributed by atoms with Crippen LogP contribution in [-0.4, -0.2) is 46.3 Å². The smallest absolute Gasteiger partial charge is 0.256 e. The zero-order chi connectivity index (χ0) is 17.3. The van der Waals surface area contributed by atoms with E-state index in [-0.39, 0.29) is 18.1 Å². The number of aromatic nitrogens is 2. The molecule has 1 aliphatic heterocycles. The third-order valence-corrected chi connectivity index (χ3v) is 3.94. The Morgan fingerprint density at radius 3 is 2.79 bits per heavy atom. The first-order valence-electron chi connectivity index (χ1n) is 7.38. The highest BCUT2D eigenvalue weighted by atomic mass is 19.1. The van der Waals surface area contributed by atoms with E-state index in [0.717, 1.165) is 0 Å². The van der Waals surface area contributed by atoms with Gasteiger partial charge in [0.25, 0.3) is 5.91 Å². The van der Waals surface area contributed by atoms with Crippen molar-refractivity contribution in [2.24, 2.45) is 7.05 Å².